The molecule has 6 nitrogen and oxygen atoms in total. The molecule has 2 aromatic rings. The second kappa shape index (κ2) is 11.0. The van der Waals surface area contributed by atoms with E-state index in [1.807, 2.05) is 6.92 Å². The van der Waals surface area contributed by atoms with Crippen LogP contribution in [0, 0.1) is 6.92 Å². The number of amides is 2. The lowest BCUT2D eigenvalue weighted by molar-refractivity contribution is -0.137. The Bertz CT molecular complexity index is 1000. The molecule has 3 rings (SSSR count). The van der Waals surface area contributed by atoms with Gasteiger partial charge in [0.2, 0.25) is 5.91 Å². The Morgan fingerprint density at radius 2 is 1.76 bits per heavy atom. The number of hydrogen-bond acceptors (Lipinski definition) is 4. The molecular weight excluding hydrogens is 447 g/mol. The third-order valence-electron chi connectivity index (χ3n) is 6.15. The molecule has 0 spiro atoms. The van der Waals surface area contributed by atoms with Crippen molar-refractivity contribution in [1.82, 2.24) is 9.80 Å². The van der Waals surface area contributed by atoms with Gasteiger partial charge in [0.1, 0.15) is 0 Å². The minimum atomic E-state index is -4.35. The zero-order chi connectivity index (χ0) is 24.9. The maximum atomic E-state index is 13.1. The van der Waals surface area contributed by atoms with Gasteiger partial charge in [0.15, 0.2) is 0 Å². The summed E-state index contributed by atoms with van der Waals surface area (Å²) >= 11 is 0. The van der Waals surface area contributed by atoms with Crippen LogP contribution in [0.3, 0.4) is 0 Å². The molecule has 0 aromatic heterocycles. The number of benzene rings is 2. The number of aryl methyl sites for hydroxylation is 1. The topological polar surface area (TPSA) is 72.9 Å². The highest BCUT2D eigenvalue weighted by Crippen LogP contribution is 2.33. The fourth-order valence-electron chi connectivity index (χ4n) is 4.12. The molecule has 1 fully saturated rings. The van der Waals surface area contributed by atoms with Crippen molar-refractivity contribution in [3.05, 3.63) is 64.7 Å². The normalized spacial score (nSPS) is 15.0. The number of carbonyl (C=O) groups excluding carboxylic acids is 2. The van der Waals surface area contributed by atoms with Gasteiger partial charge in [0.05, 0.1) is 18.7 Å². The van der Waals surface area contributed by atoms with Crippen LogP contribution in [0.2, 0.25) is 0 Å². The number of halogens is 3. The summed E-state index contributed by atoms with van der Waals surface area (Å²) in [6.45, 7) is 3.32. The molecule has 2 N–H and O–H groups in total. The minimum absolute atomic E-state index is 0.0393. The lowest BCUT2D eigenvalue weighted by atomic mass is 9.88. The predicted octanol–water partition coefficient (Wildman–Crippen LogP) is 3.90. The molecule has 0 unspecified atom stereocenters. The van der Waals surface area contributed by atoms with Crippen LogP contribution in [0.15, 0.2) is 42.5 Å². The number of aliphatic hydroxyl groups excluding tert-OH is 1. The first-order valence-corrected chi connectivity index (χ1v) is 11.2. The number of nitrogens with one attached hydrogen (secondary N) is 1. The fourth-order valence-corrected chi connectivity index (χ4v) is 4.12. The zero-order valence-electron chi connectivity index (χ0n) is 19.4. The molecule has 34 heavy (non-hydrogen) atoms. The maximum absolute atomic E-state index is 13.1. The molecule has 9 heteroatoms. The van der Waals surface area contributed by atoms with E-state index in [1.165, 1.54) is 12.1 Å². The number of anilines is 1. The van der Waals surface area contributed by atoms with Crippen molar-refractivity contribution in [3.8, 4) is 0 Å². The Labute approximate surface area is 197 Å². The van der Waals surface area contributed by atoms with E-state index >= 15 is 0 Å². The Balaban J connectivity index is 1.60. The lowest BCUT2D eigenvalue weighted by Gasteiger charge is -2.32. The summed E-state index contributed by atoms with van der Waals surface area (Å²) in [6, 6.07) is 10.5. The third kappa shape index (κ3) is 6.57. The van der Waals surface area contributed by atoms with Crippen LogP contribution in [0.25, 0.3) is 0 Å². The number of aliphatic hydroxyl groups is 1. The second-order valence-electron chi connectivity index (χ2n) is 8.73. The largest absolute Gasteiger partial charge is 0.416 e. The van der Waals surface area contributed by atoms with Crippen molar-refractivity contribution in [2.45, 2.75) is 31.9 Å². The molecule has 0 radical (unpaired) electrons. The number of hydrogen-bond donors (Lipinski definition) is 2. The van der Waals surface area contributed by atoms with E-state index in [-0.39, 0.29) is 30.9 Å². The SMILES string of the molecule is Cc1ccc(C(=O)N2CCC(c3ccc(C(F)(F)F)cc3)CC2)cc1NC(=O)CN(C)CCO. The monoisotopic (exact) mass is 477 g/mol. The minimum Gasteiger partial charge on any atom is -0.395 e. The van der Waals surface area contributed by atoms with Crippen LogP contribution >= 0.6 is 0 Å². The van der Waals surface area contributed by atoms with Crippen LogP contribution in [-0.4, -0.2) is 66.6 Å². The Morgan fingerprint density at radius 1 is 1.12 bits per heavy atom. The molecular formula is C25H30F3N3O3. The molecule has 1 aliphatic heterocycles. The predicted molar refractivity (Wildman–Crippen MR) is 124 cm³/mol. The molecule has 1 heterocycles. The maximum Gasteiger partial charge on any atom is 0.416 e. The Kier molecular flexibility index (Phi) is 8.33. The van der Waals surface area contributed by atoms with Crippen LogP contribution in [-0.2, 0) is 11.0 Å². The third-order valence-corrected chi connectivity index (χ3v) is 6.15. The van der Waals surface area contributed by atoms with Gasteiger partial charge in [-0.15, -0.1) is 0 Å². The molecule has 1 saturated heterocycles. The van der Waals surface area contributed by atoms with Gasteiger partial charge >= 0.3 is 6.18 Å². The smallest absolute Gasteiger partial charge is 0.395 e. The van der Waals surface area contributed by atoms with Crippen LogP contribution in [0.5, 0.6) is 0 Å². The van der Waals surface area contributed by atoms with Gasteiger partial charge < -0.3 is 15.3 Å². The Hall–Kier alpha value is -2.91. The molecule has 0 bridgehead atoms. The van der Waals surface area contributed by atoms with Crippen LogP contribution in [0.4, 0.5) is 18.9 Å². The van der Waals surface area contributed by atoms with Gasteiger partial charge in [0.25, 0.3) is 5.91 Å². The van der Waals surface area contributed by atoms with Crippen molar-refractivity contribution in [1.29, 1.82) is 0 Å². The highest BCUT2D eigenvalue weighted by molar-refractivity contribution is 5.98. The van der Waals surface area contributed by atoms with Crippen molar-refractivity contribution in [2.75, 3.05) is 45.2 Å². The highest BCUT2D eigenvalue weighted by Gasteiger charge is 2.31. The summed E-state index contributed by atoms with van der Waals surface area (Å²) in [7, 11) is 1.73. The Morgan fingerprint density at radius 3 is 2.35 bits per heavy atom. The van der Waals surface area contributed by atoms with E-state index in [9.17, 15) is 22.8 Å². The summed E-state index contributed by atoms with van der Waals surface area (Å²) in [4.78, 5) is 28.8. The van der Waals surface area contributed by atoms with Crippen molar-refractivity contribution in [2.24, 2.45) is 0 Å². The van der Waals surface area contributed by atoms with E-state index in [2.05, 4.69) is 5.32 Å². The number of alkyl halides is 3. The van der Waals surface area contributed by atoms with Gasteiger partial charge in [-0.2, -0.15) is 13.2 Å². The standard InChI is InChI=1S/C25H30F3N3O3/c1-17-3-4-20(15-22(17)29-23(33)16-30(2)13-14-32)24(34)31-11-9-19(10-12-31)18-5-7-21(8-6-18)25(26,27)28/h3-8,15,19,32H,9-14,16H2,1-2H3,(H,29,33). The number of piperidine rings is 1. The fraction of sp³-hybridized carbons (Fsp3) is 0.440. The number of likely N-dealkylation sites (tertiary alicyclic amines) is 1. The number of carbonyl (C=O) groups is 2. The molecule has 0 saturated carbocycles. The van der Waals surface area contributed by atoms with E-state index in [0.29, 0.717) is 43.7 Å². The van der Waals surface area contributed by atoms with Crippen LogP contribution in [0.1, 0.15) is 45.8 Å². The highest BCUT2D eigenvalue weighted by atomic mass is 19.4. The first-order valence-electron chi connectivity index (χ1n) is 11.2. The number of nitrogens with zero attached hydrogens (tertiary/aromatic N) is 2. The average Bonchev–Trinajstić information content (AvgIpc) is 2.80. The zero-order valence-corrected chi connectivity index (χ0v) is 19.4. The summed E-state index contributed by atoms with van der Waals surface area (Å²) in [5, 5.41) is 11.8. The van der Waals surface area contributed by atoms with Crippen molar-refractivity contribution < 1.29 is 27.9 Å². The van der Waals surface area contributed by atoms with Crippen molar-refractivity contribution >= 4 is 17.5 Å². The first-order chi connectivity index (χ1) is 16.1. The van der Waals surface area contributed by atoms with E-state index in [4.69, 9.17) is 5.11 Å². The van der Waals surface area contributed by atoms with Gasteiger partial charge in [-0.3, -0.25) is 14.5 Å². The van der Waals surface area contributed by atoms with Crippen molar-refractivity contribution in [3.63, 3.8) is 0 Å². The van der Waals surface area contributed by atoms with Gasteiger partial charge in [-0.25, -0.2) is 0 Å². The van der Waals surface area contributed by atoms with Gasteiger partial charge in [-0.05, 0) is 68.1 Å². The quantitative estimate of drug-likeness (QED) is 0.635. The van der Waals surface area contributed by atoms with Crippen LogP contribution < -0.4 is 5.32 Å². The molecule has 184 valence electrons. The molecule has 2 aromatic carbocycles. The summed E-state index contributed by atoms with van der Waals surface area (Å²) in [5.74, 6) is -0.269. The average molecular weight is 478 g/mol. The second-order valence-corrected chi connectivity index (χ2v) is 8.73. The number of rotatable bonds is 7. The molecule has 0 atom stereocenters. The lowest BCUT2D eigenvalue weighted by Crippen LogP contribution is -2.38. The summed E-state index contributed by atoms with van der Waals surface area (Å²) < 4.78 is 38.4. The summed E-state index contributed by atoms with van der Waals surface area (Å²) in [6.07, 6.45) is -3.01. The molecule has 1 aliphatic rings. The van der Waals surface area contributed by atoms with E-state index < -0.39 is 11.7 Å². The van der Waals surface area contributed by atoms with E-state index in [0.717, 1.165) is 23.3 Å². The number of likely N-dealkylation sites (N-methyl/N-ethyl adjacent to an activating group) is 1. The summed E-state index contributed by atoms with van der Waals surface area (Å²) in [5.41, 5.74) is 2.05. The first kappa shape index (κ1) is 25.7. The van der Waals surface area contributed by atoms with Gasteiger partial charge in [-0.1, -0.05) is 18.2 Å². The van der Waals surface area contributed by atoms with E-state index in [1.54, 1.807) is 35.0 Å². The van der Waals surface area contributed by atoms with Gasteiger partial charge in [0, 0.05) is 30.9 Å². The molecule has 0 aliphatic carbocycles. The molecule has 2 amide bonds.